The quantitative estimate of drug-likeness (QED) is 0.266. The summed E-state index contributed by atoms with van der Waals surface area (Å²) in [5.41, 5.74) is 0. The molecule has 1 aliphatic rings. The predicted octanol–water partition coefficient (Wildman–Crippen LogP) is 2.84. The zero-order valence-corrected chi connectivity index (χ0v) is 21.1. The lowest BCUT2D eigenvalue weighted by atomic mass is 10.1. The molecule has 0 saturated heterocycles. The van der Waals surface area contributed by atoms with Crippen molar-refractivity contribution < 1.29 is 35.7 Å². The molecule has 1 aromatic rings. The van der Waals surface area contributed by atoms with Crippen LogP contribution >= 0.6 is 0 Å². The highest BCUT2D eigenvalue weighted by molar-refractivity contribution is 5.40. The first kappa shape index (κ1) is 27.3. The van der Waals surface area contributed by atoms with Crippen LogP contribution < -0.4 is 26.5 Å². The van der Waals surface area contributed by atoms with E-state index in [0.717, 1.165) is 24.5 Å². The Morgan fingerprint density at radius 2 is 1.40 bits per heavy atom. The van der Waals surface area contributed by atoms with Crippen molar-refractivity contribution in [1.82, 2.24) is 0 Å². The Morgan fingerprint density at radius 1 is 0.833 bits per heavy atom. The van der Waals surface area contributed by atoms with E-state index in [4.69, 9.17) is 14.2 Å². The van der Waals surface area contributed by atoms with E-state index in [2.05, 4.69) is 20.8 Å². The number of fused-ring (bicyclic) bond motifs is 1. The number of nitrogens with zero attached hydrogens (tertiary/aromatic N) is 1. The topological polar surface area (TPSA) is 27.7 Å². The molecule has 0 aliphatic carbocycles. The number of unbranched alkanes of at least 4 members (excludes halogenated alkanes) is 7. The molecule has 0 N–H and O–H groups in total. The van der Waals surface area contributed by atoms with Gasteiger partial charge < -0.3 is 35.7 Å². The van der Waals surface area contributed by atoms with Crippen molar-refractivity contribution in [3.63, 3.8) is 0 Å². The standard InChI is InChI=1S/C25H44NO3.BrH/c1-4-26(5-2,6-3)19-15-11-9-7-8-10-12-16-20-27-21-23-22-28-24-17-13-14-18-25(24)29-23;/h13-14,17-18,23H,4-12,15-16,19-22H2,1-3H3;1H/q+1;/p-1. The van der Waals surface area contributed by atoms with Crippen molar-refractivity contribution in [1.29, 1.82) is 0 Å². The smallest absolute Gasteiger partial charge is 0.161 e. The van der Waals surface area contributed by atoms with Crippen LogP contribution in [0.15, 0.2) is 24.3 Å². The Morgan fingerprint density at radius 3 is 2.03 bits per heavy atom. The number of rotatable bonds is 16. The summed E-state index contributed by atoms with van der Waals surface area (Å²) in [5.74, 6) is 1.67. The summed E-state index contributed by atoms with van der Waals surface area (Å²) in [6, 6.07) is 7.84. The molecular formula is C25H44BrNO3. The van der Waals surface area contributed by atoms with Gasteiger partial charge in [0.2, 0.25) is 0 Å². The maximum absolute atomic E-state index is 5.91. The average molecular weight is 487 g/mol. The van der Waals surface area contributed by atoms with E-state index in [1.165, 1.54) is 75.6 Å². The second kappa shape index (κ2) is 15.9. The van der Waals surface area contributed by atoms with Gasteiger partial charge in [0.1, 0.15) is 6.61 Å². The molecule has 0 saturated carbocycles. The molecular weight excluding hydrogens is 442 g/mol. The zero-order chi connectivity index (χ0) is 20.8. The summed E-state index contributed by atoms with van der Waals surface area (Å²) in [4.78, 5) is 0. The third kappa shape index (κ3) is 9.57. The molecule has 5 heteroatoms. The molecule has 1 aromatic carbocycles. The average Bonchev–Trinajstić information content (AvgIpc) is 2.77. The molecule has 174 valence electrons. The van der Waals surface area contributed by atoms with Crippen molar-refractivity contribution in [2.24, 2.45) is 0 Å². The predicted molar refractivity (Wildman–Crippen MR) is 121 cm³/mol. The van der Waals surface area contributed by atoms with Crippen LogP contribution in [-0.4, -0.2) is 56.6 Å². The van der Waals surface area contributed by atoms with Crippen LogP contribution in [0.2, 0.25) is 0 Å². The van der Waals surface area contributed by atoms with Crippen molar-refractivity contribution in [2.75, 3.05) is 46.0 Å². The van der Waals surface area contributed by atoms with E-state index in [1.807, 2.05) is 24.3 Å². The third-order valence-corrected chi connectivity index (χ3v) is 6.55. The van der Waals surface area contributed by atoms with E-state index in [1.54, 1.807) is 0 Å². The SMILES string of the molecule is CC[N+](CC)(CC)CCCCCCCCCCOCC1COc2ccccc2O1.[Br-]. The van der Waals surface area contributed by atoms with Gasteiger partial charge in [0, 0.05) is 6.61 Å². The van der Waals surface area contributed by atoms with Gasteiger partial charge in [-0.1, -0.05) is 44.2 Å². The Bertz CT molecular complexity index is 543. The van der Waals surface area contributed by atoms with Crippen molar-refractivity contribution in [2.45, 2.75) is 78.2 Å². The summed E-state index contributed by atoms with van der Waals surface area (Å²) in [6.45, 7) is 14.2. The van der Waals surface area contributed by atoms with Gasteiger partial charge in [-0.15, -0.1) is 0 Å². The van der Waals surface area contributed by atoms with Crippen LogP contribution in [0.5, 0.6) is 11.5 Å². The fourth-order valence-electron chi connectivity index (χ4n) is 4.22. The summed E-state index contributed by atoms with van der Waals surface area (Å²) < 4.78 is 18.7. The summed E-state index contributed by atoms with van der Waals surface area (Å²) >= 11 is 0. The van der Waals surface area contributed by atoms with Crippen LogP contribution in [0.3, 0.4) is 0 Å². The van der Waals surface area contributed by atoms with Crippen molar-refractivity contribution >= 4 is 0 Å². The molecule has 0 fully saturated rings. The lowest BCUT2D eigenvalue weighted by molar-refractivity contribution is -0.923. The van der Waals surface area contributed by atoms with Crippen LogP contribution in [0, 0.1) is 0 Å². The fraction of sp³-hybridized carbons (Fsp3) is 0.760. The number of benzene rings is 1. The van der Waals surface area contributed by atoms with Gasteiger partial charge in [0.25, 0.3) is 0 Å². The van der Waals surface area contributed by atoms with Crippen LogP contribution in [0.1, 0.15) is 72.1 Å². The van der Waals surface area contributed by atoms with E-state index in [9.17, 15) is 0 Å². The van der Waals surface area contributed by atoms with Crippen LogP contribution in [-0.2, 0) is 4.74 Å². The number of halogens is 1. The molecule has 1 aliphatic heterocycles. The molecule has 0 amide bonds. The minimum absolute atomic E-state index is 0. The highest BCUT2D eigenvalue weighted by Gasteiger charge is 2.20. The molecule has 30 heavy (non-hydrogen) atoms. The molecule has 0 aromatic heterocycles. The minimum Gasteiger partial charge on any atom is -1.00 e. The first-order chi connectivity index (χ1) is 14.2. The molecule has 1 unspecified atom stereocenters. The maximum Gasteiger partial charge on any atom is 0.161 e. The van der Waals surface area contributed by atoms with Crippen LogP contribution in [0.4, 0.5) is 0 Å². The lowest BCUT2D eigenvalue weighted by Crippen LogP contribution is -3.00. The molecule has 0 spiro atoms. The van der Waals surface area contributed by atoms with Crippen LogP contribution in [0.25, 0.3) is 0 Å². The van der Waals surface area contributed by atoms with E-state index in [0.29, 0.717) is 13.2 Å². The van der Waals surface area contributed by atoms with E-state index < -0.39 is 0 Å². The van der Waals surface area contributed by atoms with Gasteiger partial charge >= 0.3 is 0 Å². The molecule has 1 heterocycles. The number of quaternary nitrogens is 1. The van der Waals surface area contributed by atoms with Gasteiger partial charge in [-0.3, -0.25) is 0 Å². The second-order valence-electron chi connectivity index (χ2n) is 8.41. The maximum atomic E-state index is 5.91. The molecule has 1 atom stereocenters. The zero-order valence-electron chi connectivity index (χ0n) is 19.5. The Balaban J connectivity index is 0.00000450. The van der Waals surface area contributed by atoms with Crippen molar-refractivity contribution in [3.05, 3.63) is 24.3 Å². The Hall–Kier alpha value is -0.780. The van der Waals surface area contributed by atoms with Gasteiger partial charge in [-0.25, -0.2) is 0 Å². The third-order valence-electron chi connectivity index (χ3n) is 6.55. The summed E-state index contributed by atoms with van der Waals surface area (Å²) in [7, 11) is 0. The van der Waals surface area contributed by atoms with E-state index in [-0.39, 0.29) is 23.1 Å². The summed E-state index contributed by atoms with van der Waals surface area (Å²) in [6.07, 6.45) is 10.7. The first-order valence-electron chi connectivity index (χ1n) is 12.0. The van der Waals surface area contributed by atoms with Gasteiger partial charge in [0.15, 0.2) is 17.6 Å². The first-order valence-corrected chi connectivity index (χ1v) is 12.0. The molecule has 0 radical (unpaired) electrons. The second-order valence-corrected chi connectivity index (χ2v) is 8.41. The minimum atomic E-state index is 0. The Kier molecular flexibility index (Phi) is 14.5. The number of ether oxygens (including phenoxy) is 3. The molecule has 0 bridgehead atoms. The lowest BCUT2D eigenvalue weighted by Gasteiger charge is -2.35. The summed E-state index contributed by atoms with van der Waals surface area (Å²) in [5, 5.41) is 0. The largest absolute Gasteiger partial charge is 1.00 e. The number of hydrogen-bond acceptors (Lipinski definition) is 3. The highest BCUT2D eigenvalue weighted by Crippen LogP contribution is 2.30. The number of hydrogen-bond donors (Lipinski definition) is 0. The van der Waals surface area contributed by atoms with Crippen molar-refractivity contribution in [3.8, 4) is 11.5 Å². The fourth-order valence-corrected chi connectivity index (χ4v) is 4.22. The molecule has 2 rings (SSSR count). The van der Waals surface area contributed by atoms with Gasteiger partial charge in [-0.2, -0.15) is 0 Å². The number of para-hydroxylation sites is 2. The Labute approximate surface area is 195 Å². The monoisotopic (exact) mass is 485 g/mol. The normalized spacial score (nSPS) is 15.6. The molecule has 4 nitrogen and oxygen atoms in total. The van der Waals surface area contributed by atoms with Gasteiger partial charge in [-0.05, 0) is 52.2 Å². The van der Waals surface area contributed by atoms with E-state index >= 15 is 0 Å². The highest BCUT2D eigenvalue weighted by atomic mass is 79.9. The van der Waals surface area contributed by atoms with Gasteiger partial charge in [0.05, 0.1) is 32.8 Å².